The van der Waals surface area contributed by atoms with Crippen molar-refractivity contribution in [2.24, 2.45) is 0 Å². The molecule has 1 heterocycles. The van der Waals surface area contributed by atoms with Crippen LogP contribution in [-0.2, 0) is 5.54 Å². The van der Waals surface area contributed by atoms with E-state index in [0.717, 1.165) is 33.6 Å². The molecule has 0 unspecified atom stereocenters. The lowest BCUT2D eigenvalue weighted by molar-refractivity contribution is 0.451. The summed E-state index contributed by atoms with van der Waals surface area (Å²) in [5.74, 6) is 0.731. The predicted molar refractivity (Wildman–Crippen MR) is 123 cm³/mol. The van der Waals surface area contributed by atoms with Gasteiger partial charge >= 0.3 is 0 Å². The minimum Gasteiger partial charge on any atom is -0.205 e. The summed E-state index contributed by atoms with van der Waals surface area (Å²) < 4.78 is 1.97. The molecular formula is C27H22N4. The van der Waals surface area contributed by atoms with Gasteiger partial charge in [0.2, 0.25) is 0 Å². The molecule has 4 nitrogen and oxygen atoms in total. The van der Waals surface area contributed by atoms with Gasteiger partial charge in [0.05, 0.1) is 0 Å². The topological polar surface area (TPSA) is 43.6 Å². The molecule has 31 heavy (non-hydrogen) atoms. The highest BCUT2D eigenvalue weighted by atomic mass is 15.6. The van der Waals surface area contributed by atoms with E-state index in [0.29, 0.717) is 0 Å². The van der Waals surface area contributed by atoms with Gasteiger partial charge in [-0.2, -0.15) is 0 Å². The van der Waals surface area contributed by atoms with Gasteiger partial charge in [0.25, 0.3) is 0 Å². The lowest BCUT2D eigenvalue weighted by Gasteiger charge is -2.36. The number of benzene rings is 4. The third-order valence-electron chi connectivity index (χ3n) is 5.75. The molecule has 1 aromatic heterocycles. The fraction of sp³-hybridized carbons (Fsp3) is 0.0741. The summed E-state index contributed by atoms with van der Waals surface area (Å²) in [4.78, 5) is 0. The van der Waals surface area contributed by atoms with Crippen LogP contribution in [0.1, 0.15) is 22.3 Å². The molecule has 0 radical (unpaired) electrons. The quantitative estimate of drug-likeness (QED) is 0.365. The van der Waals surface area contributed by atoms with Gasteiger partial charge in [-0.15, -0.1) is 5.10 Å². The Morgan fingerprint density at radius 1 is 0.581 bits per heavy atom. The molecule has 5 aromatic rings. The summed E-state index contributed by atoms with van der Waals surface area (Å²) in [5.41, 5.74) is 4.69. The van der Waals surface area contributed by atoms with Crippen LogP contribution in [-0.4, -0.2) is 20.2 Å². The Morgan fingerprint density at radius 2 is 1.03 bits per heavy atom. The number of rotatable bonds is 5. The average molecular weight is 403 g/mol. The normalized spacial score (nSPS) is 11.4. The van der Waals surface area contributed by atoms with E-state index < -0.39 is 5.54 Å². The van der Waals surface area contributed by atoms with Gasteiger partial charge in [-0.25, -0.2) is 4.68 Å². The van der Waals surface area contributed by atoms with Crippen LogP contribution in [0.2, 0.25) is 0 Å². The van der Waals surface area contributed by atoms with Gasteiger partial charge in [0.1, 0.15) is 5.54 Å². The lowest BCUT2D eigenvalue weighted by Crippen LogP contribution is -2.39. The molecule has 0 bridgehead atoms. The number of tetrazole rings is 1. The zero-order valence-electron chi connectivity index (χ0n) is 17.3. The fourth-order valence-corrected chi connectivity index (χ4v) is 4.31. The van der Waals surface area contributed by atoms with Gasteiger partial charge in [-0.05, 0) is 39.6 Å². The van der Waals surface area contributed by atoms with Gasteiger partial charge in [-0.1, -0.05) is 115 Å². The molecule has 0 aliphatic carbocycles. The molecule has 5 rings (SSSR count). The molecule has 0 aliphatic heterocycles. The maximum absolute atomic E-state index is 4.59. The Balaban J connectivity index is 1.92. The molecule has 0 atom stereocenters. The van der Waals surface area contributed by atoms with E-state index in [2.05, 4.69) is 107 Å². The van der Waals surface area contributed by atoms with Crippen LogP contribution < -0.4 is 0 Å². The van der Waals surface area contributed by atoms with E-state index >= 15 is 0 Å². The molecule has 0 saturated carbocycles. The third kappa shape index (κ3) is 3.13. The van der Waals surface area contributed by atoms with Crippen LogP contribution in [0.3, 0.4) is 0 Å². The van der Waals surface area contributed by atoms with Crippen LogP contribution in [0.4, 0.5) is 0 Å². The molecule has 4 heteroatoms. The largest absolute Gasteiger partial charge is 0.205 e. The van der Waals surface area contributed by atoms with E-state index in [1.54, 1.807) is 0 Å². The van der Waals surface area contributed by atoms with E-state index in [-0.39, 0.29) is 0 Å². The maximum atomic E-state index is 4.59. The van der Waals surface area contributed by atoms with Crippen molar-refractivity contribution in [3.05, 3.63) is 138 Å². The molecule has 0 spiro atoms. The number of aromatic nitrogens is 4. The summed E-state index contributed by atoms with van der Waals surface area (Å²) in [5, 5.41) is 13.2. The summed E-state index contributed by atoms with van der Waals surface area (Å²) in [7, 11) is 0. The highest BCUT2D eigenvalue weighted by molar-refractivity contribution is 5.62. The second kappa shape index (κ2) is 8.00. The first-order valence-electron chi connectivity index (χ1n) is 10.3. The standard InChI is InChI=1S/C27H22N4/c1-21-13-11-12-20-25(21)26-28-29-30-31(26)27(22-14-5-2-6-15-22,23-16-7-3-8-17-23)24-18-9-4-10-19-24/h2-20H,1H3. The lowest BCUT2D eigenvalue weighted by atomic mass is 9.77. The fourth-order valence-electron chi connectivity index (χ4n) is 4.31. The van der Waals surface area contributed by atoms with Crippen molar-refractivity contribution >= 4 is 0 Å². The average Bonchev–Trinajstić information content (AvgIpc) is 3.32. The van der Waals surface area contributed by atoms with Gasteiger partial charge in [-0.3, -0.25) is 0 Å². The Morgan fingerprint density at radius 3 is 1.52 bits per heavy atom. The van der Waals surface area contributed by atoms with E-state index in [1.165, 1.54) is 0 Å². The van der Waals surface area contributed by atoms with Crippen LogP contribution >= 0.6 is 0 Å². The van der Waals surface area contributed by atoms with Crippen molar-refractivity contribution in [3.63, 3.8) is 0 Å². The van der Waals surface area contributed by atoms with Gasteiger partial charge < -0.3 is 0 Å². The number of nitrogens with zero attached hydrogens (tertiary/aromatic N) is 4. The molecule has 0 aliphatic rings. The van der Waals surface area contributed by atoms with Gasteiger partial charge in [0, 0.05) is 5.56 Å². The third-order valence-corrected chi connectivity index (χ3v) is 5.75. The molecule has 0 saturated heterocycles. The Hall–Kier alpha value is -4.05. The number of hydrogen-bond acceptors (Lipinski definition) is 3. The van der Waals surface area contributed by atoms with Crippen LogP contribution in [0.25, 0.3) is 11.4 Å². The summed E-state index contributed by atoms with van der Waals surface area (Å²) in [6, 6.07) is 39.6. The molecule has 0 amide bonds. The summed E-state index contributed by atoms with van der Waals surface area (Å²) in [6.07, 6.45) is 0. The van der Waals surface area contributed by atoms with Crippen molar-refractivity contribution in [1.82, 2.24) is 20.2 Å². The van der Waals surface area contributed by atoms with Crippen LogP contribution in [0.15, 0.2) is 115 Å². The second-order valence-electron chi connectivity index (χ2n) is 7.54. The highest BCUT2D eigenvalue weighted by Crippen LogP contribution is 2.42. The first-order chi connectivity index (χ1) is 15.3. The molecular weight excluding hydrogens is 380 g/mol. The molecule has 4 aromatic carbocycles. The zero-order chi connectivity index (χ0) is 21.1. The Kier molecular flexibility index (Phi) is 4.89. The van der Waals surface area contributed by atoms with E-state index in [4.69, 9.17) is 0 Å². The minimum atomic E-state index is -0.731. The number of hydrogen-bond donors (Lipinski definition) is 0. The number of aryl methyl sites for hydroxylation is 1. The van der Waals surface area contributed by atoms with Crippen molar-refractivity contribution in [2.45, 2.75) is 12.5 Å². The predicted octanol–water partition coefficient (Wildman–Crippen LogP) is 5.49. The van der Waals surface area contributed by atoms with Crippen LogP contribution in [0, 0.1) is 6.92 Å². The van der Waals surface area contributed by atoms with E-state index in [1.807, 2.05) is 35.0 Å². The van der Waals surface area contributed by atoms with Crippen molar-refractivity contribution in [3.8, 4) is 11.4 Å². The summed E-state index contributed by atoms with van der Waals surface area (Å²) >= 11 is 0. The Labute approximate surface area is 181 Å². The minimum absolute atomic E-state index is 0.731. The zero-order valence-corrected chi connectivity index (χ0v) is 17.3. The first kappa shape index (κ1) is 18.9. The van der Waals surface area contributed by atoms with Crippen molar-refractivity contribution in [2.75, 3.05) is 0 Å². The van der Waals surface area contributed by atoms with E-state index in [9.17, 15) is 0 Å². The van der Waals surface area contributed by atoms with Crippen molar-refractivity contribution < 1.29 is 0 Å². The van der Waals surface area contributed by atoms with Gasteiger partial charge in [0.15, 0.2) is 5.82 Å². The second-order valence-corrected chi connectivity index (χ2v) is 7.54. The Bertz CT molecular complexity index is 1180. The van der Waals surface area contributed by atoms with Crippen LogP contribution in [0.5, 0.6) is 0 Å². The maximum Gasteiger partial charge on any atom is 0.183 e. The SMILES string of the molecule is Cc1ccccc1-c1nnnn1C(c1ccccc1)(c1ccccc1)c1ccccc1. The molecule has 150 valence electrons. The summed E-state index contributed by atoms with van der Waals surface area (Å²) in [6.45, 7) is 2.09. The monoisotopic (exact) mass is 402 g/mol. The highest BCUT2D eigenvalue weighted by Gasteiger charge is 2.41. The molecule has 0 fully saturated rings. The first-order valence-corrected chi connectivity index (χ1v) is 10.3. The smallest absolute Gasteiger partial charge is 0.183 e. The molecule has 0 N–H and O–H groups in total. The van der Waals surface area contributed by atoms with Crippen molar-refractivity contribution in [1.29, 1.82) is 0 Å².